The third-order valence-corrected chi connectivity index (χ3v) is 6.58. The van der Waals surface area contributed by atoms with Crippen molar-refractivity contribution in [2.45, 2.75) is 31.7 Å². The summed E-state index contributed by atoms with van der Waals surface area (Å²) in [6.45, 7) is 4.80. The molecule has 0 aliphatic heterocycles. The molecule has 0 saturated heterocycles. The summed E-state index contributed by atoms with van der Waals surface area (Å²) in [6.07, 6.45) is 5.37. The molecule has 2 aromatic heterocycles. The number of aromatic nitrogens is 4. The molecule has 0 aliphatic carbocycles. The smallest absolute Gasteiger partial charge is 0.261 e. The van der Waals surface area contributed by atoms with Gasteiger partial charge in [-0.2, -0.15) is 0 Å². The summed E-state index contributed by atoms with van der Waals surface area (Å²) >= 11 is 0. The van der Waals surface area contributed by atoms with Gasteiger partial charge in [0.05, 0.1) is 32.9 Å². The maximum absolute atomic E-state index is 13.1. The molecule has 0 unspecified atom stereocenters. The van der Waals surface area contributed by atoms with Gasteiger partial charge in [-0.15, -0.1) is 0 Å². The summed E-state index contributed by atoms with van der Waals surface area (Å²) in [6, 6.07) is 11.3. The van der Waals surface area contributed by atoms with E-state index in [0.717, 1.165) is 11.5 Å². The minimum absolute atomic E-state index is 0.135. The van der Waals surface area contributed by atoms with Crippen molar-refractivity contribution >= 4 is 32.7 Å². The molecule has 4 aromatic rings. The minimum atomic E-state index is -3.82. The lowest BCUT2D eigenvalue weighted by molar-refractivity contribution is 0.0955. The number of nitrogens with zero attached hydrogens (tertiary/aromatic N) is 4. The molecule has 0 fully saturated rings. The molecule has 10 heteroatoms. The largest absolute Gasteiger partial charge is 0.352 e. The summed E-state index contributed by atoms with van der Waals surface area (Å²) in [5.74, 6) is 0.420. The fourth-order valence-corrected chi connectivity index (χ4v) is 4.74. The highest BCUT2D eigenvalue weighted by Crippen LogP contribution is 2.27. The number of anilines is 1. The van der Waals surface area contributed by atoms with Crippen molar-refractivity contribution < 1.29 is 13.2 Å². The molecular formula is C23H24N6O3S. The van der Waals surface area contributed by atoms with Gasteiger partial charge in [0.2, 0.25) is 0 Å². The average Bonchev–Trinajstić information content (AvgIpc) is 3.14. The van der Waals surface area contributed by atoms with Gasteiger partial charge in [-0.3, -0.25) is 19.5 Å². The highest BCUT2D eigenvalue weighted by molar-refractivity contribution is 7.92. The molecule has 1 amide bonds. The Morgan fingerprint density at radius 3 is 2.61 bits per heavy atom. The lowest BCUT2D eigenvalue weighted by Gasteiger charge is -2.13. The molecule has 33 heavy (non-hydrogen) atoms. The standard InChI is InChI=1S/C23H24N6O3S/c1-3-29-16(2)27-21-14-18(28-33(31,32)19-7-5-4-6-8-19)13-20(22(21)29)23(30)26-10-9-17-15-24-11-12-25-17/h4-8,11-15,28H,3,9-10H2,1-2H3,(H,26,30). The van der Waals surface area contributed by atoms with Gasteiger partial charge >= 0.3 is 0 Å². The van der Waals surface area contributed by atoms with E-state index in [1.807, 2.05) is 18.4 Å². The third kappa shape index (κ3) is 4.85. The van der Waals surface area contributed by atoms with Gasteiger partial charge in [-0.25, -0.2) is 13.4 Å². The van der Waals surface area contributed by atoms with E-state index in [1.54, 1.807) is 48.9 Å². The van der Waals surface area contributed by atoms with Crippen LogP contribution in [0.1, 0.15) is 28.8 Å². The molecule has 0 atom stereocenters. The number of carbonyl (C=O) groups excluding carboxylic acids is 1. The van der Waals surface area contributed by atoms with Gasteiger partial charge < -0.3 is 9.88 Å². The maximum atomic E-state index is 13.1. The molecule has 2 aromatic carbocycles. The first-order valence-corrected chi connectivity index (χ1v) is 12.0. The summed E-state index contributed by atoms with van der Waals surface area (Å²) < 4.78 is 30.2. The molecule has 0 spiro atoms. The number of nitrogens with one attached hydrogen (secondary N) is 2. The predicted molar refractivity (Wildman–Crippen MR) is 125 cm³/mol. The number of hydrogen-bond donors (Lipinski definition) is 2. The number of amides is 1. The van der Waals surface area contributed by atoms with Gasteiger partial charge in [0, 0.05) is 38.1 Å². The fourth-order valence-electron chi connectivity index (χ4n) is 3.68. The number of hydrogen-bond acceptors (Lipinski definition) is 6. The Balaban J connectivity index is 1.67. The van der Waals surface area contributed by atoms with Gasteiger partial charge in [0.1, 0.15) is 5.82 Å². The van der Waals surface area contributed by atoms with Gasteiger partial charge in [-0.05, 0) is 38.1 Å². The summed E-state index contributed by atoms with van der Waals surface area (Å²) in [5.41, 5.74) is 2.59. The van der Waals surface area contributed by atoms with Crippen LogP contribution in [0.25, 0.3) is 11.0 Å². The second-order valence-electron chi connectivity index (χ2n) is 7.42. The Kier molecular flexibility index (Phi) is 6.36. The van der Waals surface area contributed by atoms with E-state index in [2.05, 4.69) is 25.0 Å². The van der Waals surface area contributed by atoms with Crippen molar-refractivity contribution in [2.75, 3.05) is 11.3 Å². The number of aryl methyl sites for hydroxylation is 2. The van der Waals surface area contributed by atoms with E-state index < -0.39 is 10.0 Å². The first-order valence-electron chi connectivity index (χ1n) is 10.5. The van der Waals surface area contributed by atoms with Crippen molar-refractivity contribution in [1.29, 1.82) is 0 Å². The second kappa shape index (κ2) is 9.37. The third-order valence-electron chi connectivity index (χ3n) is 5.18. The Labute approximate surface area is 192 Å². The molecule has 4 rings (SSSR count). The van der Waals surface area contributed by atoms with E-state index in [-0.39, 0.29) is 16.5 Å². The second-order valence-corrected chi connectivity index (χ2v) is 9.10. The molecule has 0 bridgehead atoms. The van der Waals surface area contributed by atoms with Crippen LogP contribution in [0.4, 0.5) is 5.69 Å². The Morgan fingerprint density at radius 1 is 1.12 bits per heavy atom. The van der Waals surface area contributed by atoms with Crippen LogP contribution in [-0.2, 0) is 23.0 Å². The molecule has 0 saturated carbocycles. The van der Waals surface area contributed by atoms with E-state index in [1.165, 1.54) is 12.1 Å². The van der Waals surface area contributed by atoms with Crippen LogP contribution in [0, 0.1) is 6.92 Å². The van der Waals surface area contributed by atoms with Gasteiger partial charge in [0.25, 0.3) is 15.9 Å². The van der Waals surface area contributed by atoms with E-state index >= 15 is 0 Å². The van der Waals surface area contributed by atoms with Crippen molar-refractivity contribution in [2.24, 2.45) is 0 Å². The SMILES string of the molecule is CCn1c(C)nc2cc(NS(=O)(=O)c3ccccc3)cc(C(=O)NCCc3cnccn3)c21. The highest BCUT2D eigenvalue weighted by Gasteiger charge is 2.20. The van der Waals surface area contributed by atoms with Crippen LogP contribution >= 0.6 is 0 Å². The van der Waals surface area contributed by atoms with Gasteiger partial charge in [0.15, 0.2) is 0 Å². The number of rotatable bonds is 8. The van der Waals surface area contributed by atoms with Crippen LogP contribution in [0.2, 0.25) is 0 Å². The molecular weight excluding hydrogens is 440 g/mol. The van der Waals surface area contributed by atoms with E-state index in [9.17, 15) is 13.2 Å². The predicted octanol–water partition coefficient (Wildman–Crippen LogP) is 2.93. The molecule has 170 valence electrons. The maximum Gasteiger partial charge on any atom is 0.261 e. The Morgan fingerprint density at radius 2 is 1.91 bits per heavy atom. The van der Waals surface area contributed by atoms with Crippen molar-refractivity contribution in [3.8, 4) is 0 Å². The summed E-state index contributed by atoms with van der Waals surface area (Å²) in [4.78, 5) is 26.1. The van der Waals surface area contributed by atoms with Crippen LogP contribution in [-0.4, -0.2) is 40.4 Å². The number of fused-ring (bicyclic) bond motifs is 1. The van der Waals surface area contributed by atoms with Gasteiger partial charge in [-0.1, -0.05) is 18.2 Å². The van der Waals surface area contributed by atoms with Crippen molar-refractivity contribution in [1.82, 2.24) is 24.8 Å². The average molecular weight is 465 g/mol. The monoisotopic (exact) mass is 464 g/mol. The van der Waals surface area contributed by atoms with Crippen LogP contribution in [0.15, 0.2) is 66.0 Å². The quantitative estimate of drug-likeness (QED) is 0.414. The first-order chi connectivity index (χ1) is 15.9. The number of carbonyl (C=O) groups is 1. The molecule has 0 radical (unpaired) electrons. The topological polar surface area (TPSA) is 119 Å². The van der Waals surface area contributed by atoms with Crippen molar-refractivity contribution in [3.05, 3.63) is 78.1 Å². The number of sulfonamides is 1. The number of benzene rings is 2. The van der Waals surface area contributed by atoms with E-state index in [4.69, 9.17) is 0 Å². The van der Waals surface area contributed by atoms with Crippen LogP contribution in [0.3, 0.4) is 0 Å². The zero-order valence-corrected chi connectivity index (χ0v) is 19.1. The summed E-state index contributed by atoms with van der Waals surface area (Å²) in [7, 11) is -3.82. The zero-order chi connectivity index (χ0) is 23.4. The van der Waals surface area contributed by atoms with Crippen LogP contribution < -0.4 is 10.0 Å². The summed E-state index contributed by atoms with van der Waals surface area (Å²) in [5, 5.41) is 2.90. The Bertz CT molecular complexity index is 1390. The Hall–Kier alpha value is -3.79. The lowest BCUT2D eigenvalue weighted by Crippen LogP contribution is -2.27. The number of imidazole rings is 1. The minimum Gasteiger partial charge on any atom is -0.352 e. The zero-order valence-electron chi connectivity index (χ0n) is 18.3. The molecule has 9 nitrogen and oxygen atoms in total. The molecule has 2 N–H and O–H groups in total. The van der Waals surface area contributed by atoms with Crippen LogP contribution in [0.5, 0.6) is 0 Å². The first kappa shape index (κ1) is 22.4. The molecule has 2 heterocycles. The lowest BCUT2D eigenvalue weighted by atomic mass is 10.1. The normalized spacial score (nSPS) is 11.5. The fraction of sp³-hybridized carbons (Fsp3) is 0.217. The molecule has 0 aliphatic rings. The van der Waals surface area contributed by atoms with Crippen molar-refractivity contribution in [3.63, 3.8) is 0 Å². The van der Waals surface area contributed by atoms with E-state index in [0.29, 0.717) is 36.1 Å². The highest BCUT2D eigenvalue weighted by atomic mass is 32.2.